The molecule has 4 atom stereocenters. The molecule has 3 unspecified atom stereocenters. The van der Waals surface area contributed by atoms with Crippen LogP contribution in [0.15, 0.2) is 24.3 Å². The third kappa shape index (κ3) is 4.38. The van der Waals surface area contributed by atoms with Crippen molar-refractivity contribution in [2.75, 3.05) is 26.5 Å². The van der Waals surface area contributed by atoms with E-state index in [1.54, 1.807) is 0 Å². The summed E-state index contributed by atoms with van der Waals surface area (Å²) < 4.78 is 31.7. The number of halogens is 3. The lowest BCUT2D eigenvalue weighted by atomic mass is 9.76. The molecule has 26 heavy (non-hydrogen) atoms. The Morgan fingerprint density at radius 1 is 1.15 bits per heavy atom. The molecule has 0 saturated carbocycles. The molecule has 2 heterocycles. The standard InChI is InChI=1S/C20H26F2INO2/c21-9-1-11-24-16-7-8-18(24)19(20(25)26-12-2-10-22)17(13-16)14-3-5-15(23)6-4-14/h3-6,16-19H,1-2,7-13H2/t16?,17-,18?,19?/m1/s1. The maximum atomic E-state index is 12.9. The first-order chi connectivity index (χ1) is 12.7. The molecule has 144 valence electrons. The van der Waals surface area contributed by atoms with Crippen LogP contribution in [-0.2, 0) is 9.53 Å². The number of esters is 1. The quantitative estimate of drug-likeness (QED) is 0.314. The van der Waals surface area contributed by atoms with Crippen LogP contribution in [-0.4, -0.2) is 49.5 Å². The fraction of sp³-hybridized carbons (Fsp3) is 0.650. The van der Waals surface area contributed by atoms with Crippen molar-refractivity contribution in [3.8, 4) is 0 Å². The van der Waals surface area contributed by atoms with Crippen LogP contribution in [0, 0.1) is 9.49 Å². The van der Waals surface area contributed by atoms with Gasteiger partial charge in [0.05, 0.1) is 25.9 Å². The van der Waals surface area contributed by atoms with Gasteiger partial charge in [-0.05, 0) is 66.0 Å². The first-order valence-electron chi connectivity index (χ1n) is 9.45. The van der Waals surface area contributed by atoms with Gasteiger partial charge in [-0.2, -0.15) is 0 Å². The highest BCUT2D eigenvalue weighted by Gasteiger charge is 2.50. The zero-order valence-electron chi connectivity index (χ0n) is 14.9. The molecule has 2 saturated heterocycles. The van der Waals surface area contributed by atoms with Crippen LogP contribution in [0.25, 0.3) is 0 Å². The second kappa shape index (κ2) is 9.44. The molecule has 0 N–H and O–H groups in total. The van der Waals surface area contributed by atoms with Crippen molar-refractivity contribution in [3.05, 3.63) is 33.4 Å². The van der Waals surface area contributed by atoms with Gasteiger partial charge in [-0.25, -0.2) is 0 Å². The summed E-state index contributed by atoms with van der Waals surface area (Å²) in [5.41, 5.74) is 1.17. The Labute approximate surface area is 167 Å². The van der Waals surface area contributed by atoms with E-state index in [1.807, 2.05) is 0 Å². The van der Waals surface area contributed by atoms with Gasteiger partial charge in [0.2, 0.25) is 0 Å². The van der Waals surface area contributed by atoms with E-state index in [2.05, 4.69) is 51.8 Å². The SMILES string of the molecule is O=C(OCCCF)C1C2CCC(C[C@@H]1c1ccc(I)cc1)N2CCCF. The third-order valence-corrected chi connectivity index (χ3v) is 6.43. The van der Waals surface area contributed by atoms with E-state index in [0.29, 0.717) is 19.0 Å². The van der Waals surface area contributed by atoms with Gasteiger partial charge in [0.1, 0.15) is 0 Å². The van der Waals surface area contributed by atoms with Crippen molar-refractivity contribution >= 4 is 28.6 Å². The molecule has 3 nitrogen and oxygen atoms in total. The lowest BCUT2D eigenvalue weighted by Gasteiger charge is -2.43. The van der Waals surface area contributed by atoms with Crippen molar-refractivity contribution in [3.63, 3.8) is 0 Å². The smallest absolute Gasteiger partial charge is 0.311 e. The van der Waals surface area contributed by atoms with Crippen LogP contribution in [0.4, 0.5) is 8.78 Å². The fourth-order valence-electron chi connectivity index (χ4n) is 4.60. The number of hydrogen-bond acceptors (Lipinski definition) is 3. The van der Waals surface area contributed by atoms with Crippen LogP contribution in [0.1, 0.15) is 43.6 Å². The van der Waals surface area contributed by atoms with Crippen LogP contribution < -0.4 is 0 Å². The Bertz CT molecular complexity index is 598. The molecular formula is C20H26F2INO2. The maximum Gasteiger partial charge on any atom is 0.311 e. The molecule has 0 aliphatic carbocycles. The molecule has 2 aliphatic rings. The molecule has 2 aliphatic heterocycles. The highest BCUT2D eigenvalue weighted by Crippen LogP contribution is 2.47. The van der Waals surface area contributed by atoms with Crippen molar-refractivity contribution in [1.29, 1.82) is 0 Å². The molecule has 0 spiro atoms. The minimum Gasteiger partial charge on any atom is -0.465 e. The molecular weight excluding hydrogens is 451 g/mol. The number of benzene rings is 1. The summed E-state index contributed by atoms with van der Waals surface area (Å²) >= 11 is 2.28. The molecule has 2 bridgehead atoms. The Morgan fingerprint density at radius 3 is 2.58 bits per heavy atom. The topological polar surface area (TPSA) is 29.5 Å². The maximum absolute atomic E-state index is 12.9. The van der Waals surface area contributed by atoms with Crippen molar-refractivity contribution in [2.24, 2.45) is 5.92 Å². The summed E-state index contributed by atoms with van der Waals surface area (Å²) in [6, 6.07) is 8.85. The number of hydrogen-bond donors (Lipinski definition) is 0. The van der Waals surface area contributed by atoms with E-state index in [4.69, 9.17) is 4.74 Å². The lowest BCUT2D eigenvalue weighted by Crippen LogP contribution is -2.51. The third-order valence-electron chi connectivity index (χ3n) is 5.71. The Kier molecular flexibility index (Phi) is 7.26. The van der Waals surface area contributed by atoms with Crippen molar-refractivity contribution in [1.82, 2.24) is 4.90 Å². The average molecular weight is 477 g/mol. The number of alkyl halides is 2. The van der Waals surface area contributed by atoms with Gasteiger partial charge in [-0.3, -0.25) is 18.5 Å². The van der Waals surface area contributed by atoms with E-state index >= 15 is 0 Å². The van der Waals surface area contributed by atoms with Crippen LogP contribution in [0.5, 0.6) is 0 Å². The highest BCUT2D eigenvalue weighted by atomic mass is 127. The first-order valence-corrected chi connectivity index (χ1v) is 10.5. The predicted octanol–water partition coefficient (Wildman–Crippen LogP) is 4.49. The normalized spacial score (nSPS) is 28.3. The van der Waals surface area contributed by atoms with Gasteiger partial charge in [0.15, 0.2) is 0 Å². The summed E-state index contributed by atoms with van der Waals surface area (Å²) in [5.74, 6) is -0.366. The number of piperidine rings is 1. The second-order valence-corrected chi connectivity index (χ2v) is 8.45. The summed E-state index contributed by atoms with van der Waals surface area (Å²) in [7, 11) is 0. The largest absolute Gasteiger partial charge is 0.465 e. The molecule has 0 amide bonds. The van der Waals surface area contributed by atoms with E-state index in [-0.39, 0.29) is 43.5 Å². The number of carbonyl (C=O) groups excluding carboxylic acids is 1. The molecule has 2 fully saturated rings. The van der Waals surface area contributed by atoms with Crippen LogP contribution >= 0.6 is 22.6 Å². The average Bonchev–Trinajstić information content (AvgIpc) is 2.91. The molecule has 0 radical (unpaired) electrons. The van der Waals surface area contributed by atoms with Gasteiger partial charge in [0.25, 0.3) is 0 Å². The number of nitrogens with zero attached hydrogens (tertiary/aromatic N) is 1. The van der Waals surface area contributed by atoms with E-state index in [1.165, 1.54) is 5.56 Å². The molecule has 0 aromatic heterocycles. The van der Waals surface area contributed by atoms with Gasteiger partial charge < -0.3 is 4.74 Å². The molecule has 1 aromatic carbocycles. The highest BCUT2D eigenvalue weighted by molar-refractivity contribution is 14.1. The predicted molar refractivity (Wildman–Crippen MR) is 106 cm³/mol. The van der Waals surface area contributed by atoms with Crippen molar-refractivity contribution < 1.29 is 18.3 Å². The number of rotatable bonds is 8. The summed E-state index contributed by atoms with van der Waals surface area (Å²) in [6.07, 6.45) is 3.63. The summed E-state index contributed by atoms with van der Waals surface area (Å²) in [5, 5.41) is 0. The van der Waals surface area contributed by atoms with Crippen LogP contribution in [0.2, 0.25) is 0 Å². The zero-order chi connectivity index (χ0) is 18.5. The minimum atomic E-state index is -0.480. The number of fused-ring (bicyclic) bond motifs is 2. The lowest BCUT2D eigenvalue weighted by molar-refractivity contribution is -0.154. The molecule has 1 aromatic rings. The summed E-state index contributed by atoms with van der Waals surface area (Å²) in [6.45, 7) is 0.0140. The van der Waals surface area contributed by atoms with E-state index in [0.717, 1.165) is 22.8 Å². The van der Waals surface area contributed by atoms with E-state index in [9.17, 15) is 13.6 Å². The monoisotopic (exact) mass is 477 g/mol. The zero-order valence-corrected chi connectivity index (χ0v) is 17.0. The van der Waals surface area contributed by atoms with Gasteiger partial charge in [-0.1, -0.05) is 12.1 Å². The first kappa shape index (κ1) is 20.0. The Morgan fingerprint density at radius 2 is 1.88 bits per heavy atom. The van der Waals surface area contributed by atoms with E-state index < -0.39 is 6.67 Å². The summed E-state index contributed by atoms with van der Waals surface area (Å²) in [4.78, 5) is 15.2. The Balaban J connectivity index is 1.83. The number of ether oxygens (including phenoxy) is 1. The second-order valence-electron chi connectivity index (χ2n) is 7.21. The van der Waals surface area contributed by atoms with Gasteiger partial charge >= 0.3 is 5.97 Å². The fourth-order valence-corrected chi connectivity index (χ4v) is 4.96. The minimum absolute atomic E-state index is 0.0995. The van der Waals surface area contributed by atoms with Gasteiger partial charge in [-0.15, -0.1) is 0 Å². The van der Waals surface area contributed by atoms with Gasteiger partial charge in [0, 0.05) is 34.5 Å². The molecule has 3 rings (SSSR count). The number of carbonyl (C=O) groups is 1. The Hall–Kier alpha value is -0.760. The molecule has 6 heteroatoms. The van der Waals surface area contributed by atoms with Crippen molar-refractivity contribution in [2.45, 2.75) is 50.1 Å². The van der Waals surface area contributed by atoms with Crippen LogP contribution in [0.3, 0.4) is 0 Å².